The Labute approximate surface area is 148 Å². The number of benzene rings is 2. The molecule has 0 heterocycles. The zero-order chi connectivity index (χ0) is 16.8. The van der Waals surface area contributed by atoms with Gasteiger partial charge in [-0.2, -0.15) is 0 Å². The van der Waals surface area contributed by atoms with Crippen LogP contribution in [0.15, 0.2) is 42.5 Å². The monoisotopic (exact) mass is 370 g/mol. The van der Waals surface area contributed by atoms with Crippen LogP contribution in [0.2, 0.25) is 15.1 Å². The maximum atomic E-state index is 11.8. The van der Waals surface area contributed by atoms with Crippen molar-refractivity contribution in [3.63, 3.8) is 0 Å². The lowest BCUT2D eigenvalue weighted by molar-refractivity contribution is -0.123. The summed E-state index contributed by atoms with van der Waals surface area (Å²) in [5, 5.41) is 6.59. The summed E-state index contributed by atoms with van der Waals surface area (Å²) in [5.41, 5.74) is 1.29. The topological polar surface area (TPSA) is 58.2 Å². The fourth-order valence-corrected chi connectivity index (χ4v) is 2.51. The van der Waals surface area contributed by atoms with E-state index in [2.05, 4.69) is 10.6 Å². The summed E-state index contributed by atoms with van der Waals surface area (Å²) in [4.78, 5) is 23.6. The average molecular weight is 372 g/mol. The molecule has 0 aliphatic rings. The molecule has 0 saturated carbocycles. The Morgan fingerprint density at radius 2 is 1.43 bits per heavy atom. The van der Waals surface area contributed by atoms with Crippen molar-refractivity contribution >= 4 is 52.3 Å². The normalized spacial score (nSPS) is 10.2. The predicted molar refractivity (Wildman–Crippen MR) is 93.3 cm³/mol. The molecule has 0 bridgehead atoms. The number of amides is 2. The minimum absolute atomic E-state index is 0.142. The molecule has 2 aromatic carbocycles. The molecule has 0 radical (unpaired) electrons. The molecular weight excluding hydrogens is 359 g/mol. The first-order chi connectivity index (χ1) is 10.9. The van der Waals surface area contributed by atoms with Gasteiger partial charge in [-0.15, -0.1) is 0 Å². The molecule has 0 atom stereocenters. The zero-order valence-electron chi connectivity index (χ0n) is 11.9. The lowest BCUT2D eigenvalue weighted by atomic mass is 10.1. The number of anilines is 1. The van der Waals surface area contributed by atoms with Crippen LogP contribution in [0, 0.1) is 0 Å². The zero-order valence-corrected chi connectivity index (χ0v) is 14.2. The van der Waals surface area contributed by atoms with Gasteiger partial charge >= 0.3 is 0 Å². The minimum atomic E-state index is -0.368. The summed E-state index contributed by atoms with van der Waals surface area (Å²) >= 11 is 17.5. The summed E-state index contributed by atoms with van der Waals surface area (Å²) in [6.45, 7) is -0.142. The van der Waals surface area contributed by atoms with Gasteiger partial charge in [0.25, 0.3) is 0 Å². The van der Waals surface area contributed by atoms with Crippen molar-refractivity contribution in [2.45, 2.75) is 6.42 Å². The number of hydrogen-bond donors (Lipinski definition) is 2. The van der Waals surface area contributed by atoms with E-state index in [0.29, 0.717) is 20.8 Å². The second kappa shape index (κ2) is 8.20. The second-order valence-corrected chi connectivity index (χ2v) is 6.10. The van der Waals surface area contributed by atoms with Crippen LogP contribution in [0.4, 0.5) is 5.69 Å². The molecule has 23 heavy (non-hydrogen) atoms. The lowest BCUT2D eigenvalue weighted by Gasteiger charge is -2.08. The molecule has 2 rings (SSSR count). The summed E-state index contributed by atoms with van der Waals surface area (Å²) in [6, 6.07) is 11.6. The summed E-state index contributed by atoms with van der Waals surface area (Å²) in [5.74, 6) is -0.626. The van der Waals surface area contributed by atoms with Crippen molar-refractivity contribution in [1.29, 1.82) is 0 Å². The Morgan fingerprint density at radius 1 is 0.826 bits per heavy atom. The Kier molecular flexibility index (Phi) is 6.28. The third-order valence-corrected chi connectivity index (χ3v) is 3.56. The highest BCUT2D eigenvalue weighted by molar-refractivity contribution is 6.35. The standard InChI is InChI=1S/C16H13Cl3N2O2/c17-11-3-1-10(2-4-11)5-15(22)20-9-16(23)21-14-7-12(18)6-13(19)8-14/h1-4,6-8H,5,9H2,(H,20,22)(H,21,23). The molecule has 0 spiro atoms. The maximum Gasteiger partial charge on any atom is 0.243 e. The number of nitrogens with one attached hydrogen (secondary N) is 2. The SMILES string of the molecule is O=C(Cc1ccc(Cl)cc1)NCC(=O)Nc1cc(Cl)cc(Cl)c1. The average Bonchev–Trinajstić information content (AvgIpc) is 2.46. The molecule has 0 aromatic heterocycles. The van der Waals surface area contributed by atoms with Gasteiger partial charge in [0.2, 0.25) is 11.8 Å². The minimum Gasteiger partial charge on any atom is -0.347 e. The lowest BCUT2D eigenvalue weighted by Crippen LogP contribution is -2.33. The Balaban J connectivity index is 1.81. The molecule has 0 aliphatic carbocycles. The molecule has 0 unspecified atom stereocenters. The summed E-state index contributed by atoms with van der Waals surface area (Å²) < 4.78 is 0. The van der Waals surface area contributed by atoms with E-state index < -0.39 is 0 Å². The Hall–Kier alpha value is -1.75. The number of carbonyl (C=O) groups excluding carboxylic acids is 2. The van der Waals surface area contributed by atoms with Gasteiger partial charge in [-0.05, 0) is 35.9 Å². The highest BCUT2D eigenvalue weighted by Gasteiger charge is 2.08. The first-order valence-electron chi connectivity index (χ1n) is 6.69. The van der Waals surface area contributed by atoms with Crippen LogP contribution < -0.4 is 10.6 Å². The number of rotatable bonds is 5. The van der Waals surface area contributed by atoms with E-state index in [-0.39, 0.29) is 24.8 Å². The van der Waals surface area contributed by atoms with Crippen LogP contribution in [0.5, 0.6) is 0 Å². The fraction of sp³-hybridized carbons (Fsp3) is 0.125. The Morgan fingerprint density at radius 3 is 2.04 bits per heavy atom. The van der Waals surface area contributed by atoms with Gasteiger partial charge in [-0.1, -0.05) is 46.9 Å². The quantitative estimate of drug-likeness (QED) is 0.836. The summed E-state index contributed by atoms with van der Waals surface area (Å²) in [7, 11) is 0. The number of halogens is 3. The third-order valence-electron chi connectivity index (χ3n) is 2.87. The predicted octanol–water partition coefficient (Wildman–Crippen LogP) is 3.94. The Bertz CT molecular complexity index is 698. The summed E-state index contributed by atoms with van der Waals surface area (Å²) in [6.07, 6.45) is 0.174. The van der Waals surface area contributed by atoms with Crippen LogP contribution >= 0.6 is 34.8 Å². The van der Waals surface area contributed by atoms with E-state index in [0.717, 1.165) is 5.56 Å². The van der Waals surface area contributed by atoms with Crippen LogP contribution in [-0.4, -0.2) is 18.4 Å². The highest BCUT2D eigenvalue weighted by Crippen LogP contribution is 2.22. The van der Waals surface area contributed by atoms with Crippen LogP contribution in [0.1, 0.15) is 5.56 Å². The van der Waals surface area contributed by atoms with Gasteiger partial charge in [0.05, 0.1) is 13.0 Å². The maximum absolute atomic E-state index is 11.8. The number of carbonyl (C=O) groups is 2. The molecule has 0 saturated heterocycles. The molecular formula is C16H13Cl3N2O2. The van der Waals surface area contributed by atoms with Crippen molar-refractivity contribution in [1.82, 2.24) is 5.32 Å². The molecule has 2 amide bonds. The van der Waals surface area contributed by atoms with E-state index in [1.807, 2.05) is 0 Å². The van der Waals surface area contributed by atoms with Crippen molar-refractivity contribution in [2.75, 3.05) is 11.9 Å². The van der Waals surface area contributed by atoms with Gasteiger partial charge in [-0.25, -0.2) is 0 Å². The van der Waals surface area contributed by atoms with E-state index >= 15 is 0 Å². The van der Waals surface area contributed by atoms with E-state index in [4.69, 9.17) is 34.8 Å². The van der Waals surface area contributed by atoms with Gasteiger partial charge in [0.1, 0.15) is 0 Å². The van der Waals surface area contributed by atoms with E-state index in [1.54, 1.807) is 42.5 Å². The van der Waals surface area contributed by atoms with Crippen molar-refractivity contribution in [3.05, 3.63) is 63.1 Å². The van der Waals surface area contributed by atoms with Crippen LogP contribution in [0.25, 0.3) is 0 Å². The van der Waals surface area contributed by atoms with Gasteiger partial charge in [-0.3, -0.25) is 9.59 Å². The third kappa shape index (κ3) is 6.10. The van der Waals surface area contributed by atoms with E-state index in [9.17, 15) is 9.59 Å². The largest absolute Gasteiger partial charge is 0.347 e. The van der Waals surface area contributed by atoms with E-state index in [1.165, 1.54) is 0 Å². The van der Waals surface area contributed by atoms with Crippen molar-refractivity contribution in [3.8, 4) is 0 Å². The first-order valence-corrected chi connectivity index (χ1v) is 7.83. The first kappa shape index (κ1) is 17.6. The van der Waals surface area contributed by atoms with Gasteiger partial charge in [0.15, 0.2) is 0 Å². The van der Waals surface area contributed by atoms with Gasteiger partial charge in [0, 0.05) is 20.8 Å². The van der Waals surface area contributed by atoms with Gasteiger partial charge < -0.3 is 10.6 Å². The molecule has 2 N–H and O–H groups in total. The second-order valence-electron chi connectivity index (χ2n) is 4.79. The highest BCUT2D eigenvalue weighted by atomic mass is 35.5. The van der Waals surface area contributed by atoms with Crippen LogP contribution in [0.3, 0.4) is 0 Å². The van der Waals surface area contributed by atoms with Crippen LogP contribution in [-0.2, 0) is 16.0 Å². The smallest absolute Gasteiger partial charge is 0.243 e. The molecule has 120 valence electrons. The number of hydrogen-bond acceptors (Lipinski definition) is 2. The molecule has 2 aromatic rings. The molecule has 4 nitrogen and oxygen atoms in total. The molecule has 7 heteroatoms. The molecule has 0 fully saturated rings. The van der Waals surface area contributed by atoms with Crippen molar-refractivity contribution < 1.29 is 9.59 Å². The van der Waals surface area contributed by atoms with Crippen molar-refractivity contribution in [2.24, 2.45) is 0 Å². The molecule has 0 aliphatic heterocycles. The fourth-order valence-electron chi connectivity index (χ4n) is 1.86.